The van der Waals surface area contributed by atoms with Crippen molar-refractivity contribution in [2.45, 2.75) is 46.5 Å². The van der Waals surface area contributed by atoms with Crippen LogP contribution in [0.1, 0.15) is 46.5 Å². The number of hydrogen-bond donors (Lipinski definition) is 2. The Morgan fingerprint density at radius 1 is 1.25 bits per heavy atom. The minimum absolute atomic E-state index is 0. The normalized spacial score (nSPS) is 12.1. The number of nitrogens with one attached hydrogen (secondary N) is 1. The van der Waals surface area contributed by atoms with Crippen molar-refractivity contribution in [1.82, 2.24) is 5.32 Å². The first kappa shape index (κ1) is 18.1. The molecule has 4 heteroatoms. The fourth-order valence-corrected chi connectivity index (χ4v) is 1.77. The second-order valence-corrected chi connectivity index (χ2v) is 4.78. The van der Waals surface area contributed by atoms with Crippen LogP contribution in [0.3, 0.4) is 0 Å². The van der Waals surface area contributed by atoms with E-state index in [1.54, 1.807) is 0 Å². The molecule has 0 heterocycles. The molecule has 0 aliphatic rings. The summed E-state index contributed by atoms with van der Waals surface area (Å²) in [5.41, 5.74) is 5.37. The van der Waals surface area contributed by atoms with E-state index in [0.717, 1.165) is 25.8 Å². The molecule has 0 bridgehead atoms. The second-order valence-electron chi connectivity index (χ2n) is 4.78. The van der Waals surface area contributed by atoms with Gasteiger partial charge in [0.25, 0.3) is 0 Å². The van der Waals surface area contributed by atoms with Crippen LogP contribution in [0.15, 0.2) is 0 Å². The van der Waals surface area contributed by atoms with E-state index in [1.165, 1.54) is 0 Å². The molecule has 3 N–H and O–H groups in total. The van der Waals surface area contributed by atoms with Crippen LogP contribution in [0, 0.1) is 11.8 Å². The average Bonchev–Trinajstić information content (AvgIpc) is 2.10. The second kappa shape index (κ2) is 11.2. The van der Waals surface area contributed by atoms with E-state index in [2.05, 4.69) is 26.1 Å². The Balaban J connectivity index is 0. The molecule has 1 atom stereocenters. The van der Waals surface area contributed by atoms with E-state index >= 15 is 0 Å². The number of carbonyl (C=O) groups is 1. The number of rotatable bonds is 8. The molecule has 0 radical (unpaired) electrons. The summed E-state index contributed by atoms with van der Waals surface area (Å²) in [6.07, 6.45) is 3.75. The molecular formula is C12H27ClN2O. The Kier molecular flexibility index (Phi) is 12.7. The molecule has 0 aliphatic carbocycles. The summed E-state index contributed by atoms with van der Waals surface area (Å²) >= 11 is 0. The van der Waals surface area contributed by atoms with Crippen LogP contribution in [0.25, 0.3) is 0 Å². The van der Waals surface area contributed by atoms with Crippen LogP contribution in [0.2, 0.25) is 0 Å². The Morgan fingerprint density at radius 2 is 1.88 bits per heavy atom. The quantitative estimate of drug-likeness (QED) is 0.650. The predicted octanol–water partition coefficient (Wildman–Crippen LogP) is 2.34. The molecule has 0 saturated heterocycles. The van der Waals surface area contributed by atoms with Gasteiger partial charge < -0.3 is 11.1 Å². The Hall–Kier alpha value is -0.280. The molecule has 0 fully saturated rings. The Labute approximate surface area is 106 Å². The van der Waals surface area contributed by atoms with E-state index in [-0.39, 0.29) is 18.3 Å². The third kappa shape index (κ3) is 11.8. The molecule has 1 unspecified atom stereocenters. The minimum atomic E-state index is 0. The molecule has 3 nitrogen and oxygen atoms in total. The van der Waals surface area contributed by atoms with Crippen LogP contribution in [-0.2, 0) is 4.79 Å². The molecule has 0 rings (SSSR count). The summed E-state index contributed by atoms with van der Waals surface area (Å²) in [6, 6.07) is 0. The first-order chi connectivity index (χ1) is 7.06. The van der Waals surface area contributed by atoms with Crippen molar-refractivity contribution in [1.29, 1.82) is 0 Å². The first-order valence-corrected chi connectivity index (χ1v) is 6.03. The van der Waals surface area contributed by atoms with E-state index in [9.17, 15) is 4.79 Å². The molecule has 1 amide bonds. The SMILES string of the molecule is CC(C)CC(C)CC(=O)NCCCCN.Cl. The van der Waals surface area contributed by atoms with Gasteiger partial charge in [-0.25, -0.2) is 0 Å². The van der Waals surface area contributed by atoms with Gasteiger partial charge in [0.2, 0.25) is 5.91 Å². The monoisotopic (exact) mass is 250 g/mol. The third-order valence-electron chi connectivity index (χ3n) is 2.36. The molecule has 0 aromatic carbocycles. The highest BCUT2D eigenvalue weighted by Crippen LogP contribution is 2.13. The molecular weight excluding hydrogens is 224 g/mol. The van der Waals surface area contributed by atoms with Crippen molar-refractivity contribution in [3.05, 3.63) is 0 Å². The van der Waals surface area contributed by atoms with Gasteiger partial charge in [0, 0.05) is 13.0 Å². The molecule has 0 aromatic rings. The van der Waals surface area contributed by atoms with E-state index in [4.69, 9.17) is 5.73 Å². The third-order valence-corrected chi connectivity index (χ3v) is 2.36. The Morgan fingerprint density at radius 3 is 2.38 bits per heavy atom. The van der Waals surface area contributed by atoms with Crippen LogP contribution >= 0.6 is 12.4 Å². The summed E-state index contributed by atoms with van der Waals surface area (Å²) in [4.78, 5) is 11.5. The van der Waals surface area contributed by atoms with Gasteiger partial charge in [0.1, 0.15) is 0 Å². The summed E-state index contributed by atoms with van der Waals surface area (Å²) < 4.78 is 0. The maximum Gasteiger partial charge on any atom is 0.220 e. The minimum Gasteiger partial charge on any atom is -0.356 e. The van der Waals surface area contributed by atoms with Crippen molar-refractivity contribution < 1.29 is 4.79 Å². The number of carbonyl (C=O) groups excluding carboxylic acids is 1. The number of halogens is 1. The standard InChI is InChI=1S/C12H26N2O.ClH/c1-10(2)8-11(3)9-12(15)14-7-5-4-6-13;/h10-11H,4-9,13H2,1-3H3,(H,14,15);1H. The van der Waals surface area contributed by atoms with Gasteiger partial charge in [0.05, 0.1) is 0 Å². The Bertz CT molecular complexity index is 174. The molecule has 0 saturated carbocycles. The fraction of sp³-hybridized carbons (Fsp3) is 0.917. The maximum atomic E-state index is 11.5. The van der Waals surface area contributed by atoms with Gasteiger partial charge in [-0.15, -0.1) is 12.4 Å². The van der Waals surface area contributed by atoms with E-state index < -0.39 is 0 Å². The highest BCUT2D eigenvalue weighted by molar-refractivity contribution is 5.85. The van der Waals surface area contributed by atoms with Gasteiger partial charge in [-0.05, 0) is 37.6 Å². The lowest BCUT2D eigenvalue weighted by atomic mass is 9.96. The van der Waals surface area contributed by atoms with Crippen LogP contribution in [-0.4, -0.2) is 19.0 Å². The fourth-order valence-electron chi connectivity index (χ4n) is 1.77. The van der Waals surface area contributed by atoms with Gasteiger partial charge in [-0.1, -0.05) is 20.8 Å². The zero-order valence-electron chi connectivity index (χ0n) is 10.8. The summed E-state index contributed by atoms with van der Waals surface area (Å²) in [7, 11) is 0. The molecule has 98 valence electrons. The molecule has 0 spiro atoms. The molecule has 0 aromatic heterocycles. The van der Waals surface area contributed by atoms with Crippen molar-refractivity contribution >= 4 is 18.3 Å². The number of hydrogen-bond acceptors (Lipinski definition) is 2. The number of unbranched alkanes of at least 4 members (excludes halogenated alkanes) is 1. The summed E-state index contributed by atoms with van der Waals surface area (Å²) in [5.74, 6) is 1.34. The van der Waals surface area contributed by atoms with Gasteiger partial charge in [-0.3, -0.25) is 4.79 Å². The van der Waals surface area contributed by atoms with Gasteiger partial charge in [-0.2, -0.15) is 0 Å². The number of amides is 1. The van der Waals surface area contributed by atoms with Crippen molar-refractivity contribution in [3.63, 3.8) is 0 Å². The highest BCUT2D eigenvalue weighted by atomic mass is 35.5. The maximum absolute atomic E-state index is 11.5. The topological polar surface area (TPSA) is 55.1 Å². The summed E-state index contributed by atoms with van der Waals surface area (Å²) in [5, 5.41) is 2.93. The predicted molar refractivity (Wildman–Crippen MR) is 71.8 cm³/mol. The molecule has 16 heavy (non-hydrogen) atoms. The van der Waals surface area contributed by atoms with E-state index in [1.807, 2.05) is 0 Å². The number of nitrogens with two attached hydrogens (primary N) is 1. The van der Waals surface area contributed by atoms with E-state index in [0.29, 0.717) is 24.8 Å². The zero-order valence-corrected chi connectivity index (χ0v) is 11.6. The van der Waals surface area contributed by atoms with Crippen LogP contribution in [0.4, 0.5) is 0 Å². The van der Waals surface area contributed by atoms with Crippen molar-refractivity contribution in [2.75, 3.05) is 13.1 Å². The lowest BCUT2D eigenvalue weighted by Crippen LogP contribution is -2.26. The van der Waals surface area contributed by atoms with Gasteiger partial charge >= 0.3 is 0 Å². The average molecular weight is 251 g/mol. The van der Waals surface area contributed by atoms with Crippen LogP contribution in [0.5, 0.6) is 0 Å². The molecule has 0 aliphatic heterocycles. The van der Waals surface area contributed by atoms with Crippen LogP contribution < -0.4 is 11.1 Å². The smallest absolute Gasteiger partial charge is 0.220 e. The van der Waals surface area contributed by atoms with Crippen molar-refractivity contribution in [2.24, 2.45) is 17.6 Å². The largest absolute Gasteiger partial charge is 0.356 e. The summed E-state index contributed by atoms with van der Waals surface area (Å²) in [6.45, 7) is 7.99. The zero-order chi connectivity index (χ0) is 11.7. The lowest BCUT2D eigenvalue weighted by Gasteiger charge is -2.13. The lowest BCUT2D eigenvalue weighted by molar-refractivity contribution is -0.122. The first-order valence-electron chi connectivity index (χ1n) is 6.03. The highest BCUT2D eigenvalue weighted by Gasteiger charge is 2.09. The van der Waals surface area contributed by atoms with Crippen molar-refractivity contribution in [3.8, 4) is 0 Å². The van der Waals surface area contributed by atoms with Gasteiger partial charge in [0.15, 0.2) is 0 Å².